The molecular formula is C23H33N5O5S. The zero-order chi connectivity index (χ0) is 25.4. The Bertz CT molecular complexity index is 1020. The number of carbonyl (C=O) groups excluding carboxylic acids is 3. The van der Waals surface area contributed by atoms with Crippen molar-refractivity contribution in [3.63, 3.8) is 0 Å². The molecule has 7 N–H and O–H groups in total. The number of aliphatic carboxylic acids is 1. The van der Waals surface area contributed by atoms with E-state index in [0.29, 0.717) is 0 Å². The molecule has 1 heterocycles. The van der Waals surface area contributed by atoms with Crippen molar-refractivity contribution >= 4 is 47.2 Å². The number of aromatic amines is 1. The quantitative estimate of drug-likeness (QED) is 0.214. The monoisotopic (exact) mass is 491 g/mol. The van der Waals surface area contributed by atoms with E-state index in [1.165, 1.54) is 6.92 Å². The number of rotatable bonds is 12. The topological polar surface area (TPSA) is 166 Å². The number of thiol groups is 1. The van der Waals surface area contributed by atoms with Crippen molar-refractivity contribution in [1.82, 2.24) is 20.9 Å². The van der Waals surface area contributed by atoms with Crippen LogP contribution in [0.4, 0.5) is 0 Å². The van der Waals surface area contributed by atoms with Crippen molar-refractivity contribution in [3.05, 3.63) is 36.0 Å². The van der Waals surface area contributed by atoms with Crippen LogP contribution in [-0.2, 0) is 25.6 Å². The van der Waals surface area contributed by atoms with Gasteiger partial charge in [0, 0.05) is 22.9 Å². The molecule has 2 aromatic rings. The Hall–Kier alpha value is -3.05. The average molecular weight is 492 g/mol. The Morgan fingerprint density at radius 2 is 1.65 bits per heavy atom. The van der Waals surface area contributed by atoms with Gasteiger partial charge < -0.3 is 31.8 Å². The molecule has 34 heavy (non-hydrogen) atoms. The summed E-state index contributed by atoms with van der Waals surface area (Å²) in [5.74, 6) is -2.94. The highest BCUT2D eigenvalue weighted by Crippen LogP contribution is 2.18. The van der Waals surface area contributed by atoms with Gasteiger partial charge in [0.1, 0.15) is 18.1 Å². The van der Waals surface area contributed by atoms with Crippen LogP contribution in [0.5, 0.6) is 0 Å². The Labute approximate surface area is 203 Å². The van der Waals surface area contributed by atoms with E-state index >= 15 is 0 Å². The Kier molecular flexibility index (Phi) is 9.94. The second-order valence-corrected chi connectivity index (χ2v) is 9.04. The Morgan fingerprint density at radius 3 is 2.26 bits per heavy atom. The van der Waals surface area contributed by atoms with Crippen LogP contribution >= 0.6 is 12.6 Å². The molecule has 0 radical (unpaired) electrons. The molecule has 0 aliphatic carbocycles. The van der Waals surface area contributed by atoms with E-state index < -0.39 is 47.9 Å². The van der Waals surface area contributed by atoms with E-state index in [-0.39, 0.29) is 24.5 Å². The molecule has 0 saturated heterocycles. The number of carboxylic acid groups (broad SMARTS) is 1. The van der Waals surface area contributed by atoms with Crippen molar-refractivity contribution in [2.75, 3.05) is 5.75 Å². The molecule has 3 amide bonds. The second kappa shape index (κ2) is 12.4. The summed E-state index contributed by atoms with van der Waals surface area (Å²) in [6, 6.07) is 3.66. The summed E-state index contributed by atoms with van der Waals surface area (Å²) in [5.41, 5.74) is 7.88. The highest BCUT2D eigenvalue weighted by molar-refractivity contribution is 7.80. The second-order valence-electron chi connectivity index (χ2n) is 8.67. The molecule has 11 heteroatoms. The van der Waals surface area contributed by atoms with Crippen LogP contribution in [0, 0.1) is 5.92 Å². The summed E-state index contributed by atoms with van der Waals surface area (Å²) in [5, 5.41) is 17.8. The zero-order valence-corrected chi connectivity index (χ0v) is 20.4. The summed E-state index contributed by atoms with van der Waals surface area (Å²) in [4.78, 5) is 52.1. The maximum Gasteiger partial charge on any atom is 0.326 e. The third-order valence-corrected chi connectivity index (χ3v) is 5.71. The number of aromatic nitrogens is 1. The number of nitrogens with one attached hydrogen (secondary N) is 4. The minimum absolute atomic E-state index is 0.0493. The molecule has 0 bridgehead atoms. The predicted molar refractivity (Wildman–Crippen MR) is 132 cm³/mol. The van der Waals surface area contributed by atoms with E-state index in [1.54, 1.807) is 6.20 Å². The van der Waals surface area contributed by atoms with E-state index in [4.69, 9.17) is 5.73 Å². The summed E-state index contributed by atoms with van der Waals surface area (Å²) in [6.45, 7) is 5.15. The third-order valence-electron chi connectivity index (χ3n) is 5.34. The highest BCUT2D eigenvalue weighted by atomic mass is 32.1. The van der Waals surface area contributed by atoms with E-state index in [2.05, 4.69) is 33.6 Å². The number of benzene rings is 1. The van der Waals surface area contributed by atoms with Gasteiger partial charge in [0.2, 0.25) is 17.7 Å². The smallest absolute Gasteiger partial charge is 0.326 e. The first-order chi connectivity index (χ1) is 16.0. The first-order valence-electron chi connectivity index (χ1n) is 11.1. The summed E-state index contributed by atoms with van der Waals surface area (Å²) < 4.78 is 0. The molecular weight excluding hydrogens is 458 g/mol. The maximum absolute atomic E-state index is 12.6. The van der Waals surface area contributed by atoms with Crippen LogP contribution in [-0.4, -0.2) is 63.7 Å². The lowest BCUT2D eigenvalue weighted by Crippen LogP contribution is -2.57. The summed E-state index contributed by atoms with van der Waals surface area (Å²) in [7, 11) is 0. The van der Waals surface area contributed by atoms with Crippen LogP contribution in [0.2, 0.25) is 0 Å². The summed E-state index contributed by atoms with van der Waals surface area (Å²) >= 11 is 4.09. The minimum atomic E-state index is -1.16. The summed E-state index contributed by atoms with van der Waals surface area (Å²) in [6.07, 6.45) is 2.32. The van der Waals surface area contributed by atoms with Crippen LogP contribution in [0.3, 0.4) is 0 Å². The van der Waals surface area contributed by atoms with Gasteiger partial charge in [0.05, 0.1) is 6.04 Å². The van der Waals surface area contributed by atoms with E-state index in [0.717, 1.165) is 16.5 Å². The molecule has 1 aromatic heterocycles. The Morgan fingerprint density at radius 1 is 1.00 bits per heavy atom. The molecule has 4 atom stereocenters. The normalized spacial score (nSPS) is 14.8. The van der Waals surface area contributed by atoms with Gasteiger partial charge in [-0.25, -0.2) is 4.79 Å². The van der Waals surface area contributed by atoms with Gasteiger partial charge >= 0.3 is 5.97 Å². The molecule has 0 aliphatic rings. The van der Waals surface area contributed by atoms with Crippen molar-refractivity contribution in [1.29, 1.82) is 0 Å². The molecule has 0 spiro atoms. The number of hydrogen-bond donors (Lipinski definition) is 7. The zero-order valence-electron chi connectivity index (χ0n) is 19.5. The lowest BCUT2D eigenvalue weighted by molar-refractivity contribution is -0.142. The number of H-pyrrole nitrogens is 1. The van der Waals surface area contributed by atoms with Gasteiger partial charge in [-0.3, -0.25) is 14.4 Å². The number of carbonyl (C=O) groups is 4. The first-order valence-corrected chi connectivity index (χ1v) is 11.7. The largest absolute Gasteiger partial charge is 0.480 e. The lowest BCUT2D eigenvalue weighted by atomic mass is 10.0. The number of amides is 3. The number of para-hydroxylation sites is 1. The van der Waals surface area contributed by atoms with E-state index in [1.807, 2.05) is 38.1 Å². The molecule has 4 unspecified atom stereocenters. The van der Waals surface area contributed by atoms with E-state index in [9.17, 15) is 24.3 Å². The van der Waals surface area contributed by atoms with Gasteiger partial charge in [0.25, 0.3) is 0 Å². The SMILES string of the molecule is CC(C)CC(NC(=O)C(CS)NC(=O)C(C)NC(=O)C(N)Cc1c[nH]c2ccccc12)C(=O)O. The molecule has 10 nitrogen and oxygen atoms in total. The van der Waals surface area contributed by atoms with Crippen molar-refractivity contribution in [2.45, 2.75) is 57.8 Å². The van der Waals surface area contributed by atoms with Crippen LogP contribution in [0.25, 0.3) is 10.9 Å². The molecule has 1 aromatic carbocycles. The minimum Gasteiger partial charge on any atom is -0.480 e. The standard InChI is InChI=1S/C23H33N5O5S/c1-12(2)8-18(23(32)33)27-22(31)19(11-34)28-20(29)13(3)26-21(30)16(24)9-14-10-25-17-7-5-4-6-15(14)17/h4-7,10,12-13,16,18-19,25,34H,8-9,11,24H2,1-3H3,(H,26,30)(H,27,31)(H,28,29)(H,32,33). The van der Waals surface area contributed by atoms with Gasteiger partial charge in [-0.15, -0.1) is 0 Å². The fourth-order valence-electron chi connectivity index (χ4n) is 3.47. The molecule has 0 fully saturated rings. The lowest BCUT2D eigenvalue weighted by Gasteiger charge is -2.23. The predicted octanol–water partition coefficient (Wildman–Crippen LogP) is 0.573. The van der Waals surface area contributed by atoms with Gasteiger partial charge in [-0.2, -0.15) is 12.6 Å². The van der Waals surface area contributed by atoms with Crippen LogP contribution < -0.4 is 21.7 Å². The molecule has 186 valence electrons. The Balaban J connectivity index is 1.92. The third kappa shape index (κ3) is 7.49. The van der Waals surface area contributed by atoms with Gasteiger partial charge in [-0.1, -0.05) is 32.0 Å². The molecule has 2 rings (SSSR count). The molecule has 0 saturated carbocycles. The number of carboxylic acids is 1. The van der Waals surface area contributed by atoms with Crippen molar-refractivity contribution in [3.8, 4) is 0 Å². The van der Waals surface area contributed by atoms with Gasteiger partial charge in [-0.05, 0) is 37.3 Å². The van der Waals surface area contributed by atoms with Crippen LogP contribution in [0.15, 0.2) is 30.5 Å². The van der Waals surface area contributed by atoms with Crippen molar-refractivity contribution in [2.24, 2.45) is 11.7 Å². The number of hydrogen-bond acceptors (Lipinski definition) is 6. The van der Waals surface area contributed by atoms with Crippen molar-refractivity contribution < 1.29 is 24.3 Å². The maximum atomic E-state index is 12.6. The number of fused-ring (bicyclic) bond motifs is 1. The van der Waals surface area contributed by atoms with Crippen LogP contribution in [0.1, 0.15) is 32.8 Å². The van der Waals surface area contributed by atoms with Gasteiger partial charge in [0.15, 0.2) is 0 Å². The first kappa shape index (κ1) is 27.2. The average Bonchev–Trinajstić information content (AvgIpc) is 3.18. The number of nitrogens with two attached hydrogens (primary N) is 1. The fourth-order valence-corrected chi connectivity index (χ4v) is 3.73. The fraction of sp³-hybridized carbons (Fsp3) is 0.478. The highest BCUT2D eigenvalue weighted by Gasteiger charge is 2.28. The molecule has 0 aliphatic heterocycles.